The van der Waals surface area contributed by atoms with Crippen LogP contribution >= 0.6 is 23.4 Å². The lowest BCUT2D eigenvalue weighted by atomic mass is 10.2. The van der Waals surface area contributed by atoms with Gasteiger partial charge in [0.25, 0.3) is 5.56 Å². The van der Waals surface area contributed by atoms with E-state index in [0.29, 0.717) is 21.8 Å². The van der Waals surface area contributed by atoms with Gasteiger partial charge in [0.05, 0.1) is 10.8 Å². The van der Waals surface area contributed by atoms with Gasteiger partial charge in [-0.15, -0.1) is 10.2 Å². The van der Waals surface area contributed by atoms with Crippen molar-refractivity contribution in [3.05, 3.63) is 61.5 Å². The van der Waals surface area contributed by atoms with Gasteiger partial charge in [-0.2, -0.15) is 0 Å². The van der Waals surface area contributed by atoms with E-state index >= 15 is 0 Å². The maximum atomic E-state index is 12.7. The third kappa shape index (κ3) is 4.37. The minimum Gasteiger partial charge on any atom is -0.484 e. The normalized spacial score (nSPS) is 13.4. The predicted octanol–water partition coefficient (Wildman–Crippen LogP) is 1.79. The van der Waals surface area contributed by atoms with Crippen LogP contribution in [0.25, 0.3) is 0 Å². The summed E-state index contributed by atoms with van der Waals surface area (Å²) in [7, 11) is 1.74. The summed E-state index contributed by atoms with van der Waals surface area (Å²) in [4.78, 5) is 39.1. The summed E-state index contributed by atoms with van der Waals surface area (Å²) in [6.45, 7) is 0.140. The van der Waals surface area contributed by atoms with Gasteiger partial charge >= 0.3 is 5.69 Å². The standard InChI is InChI=1S/C19H19ClN6O4S/c1-25-14(8-30-13-5-3-2-4-11(13)20)23-24-19(25)31-9-12(27)15-16(21)26(10-6-7-10)18(29)22-17(15)28/h2-5,10H,6-9,21H2,1H3,(H,22,28,29). The average molecular weight is 463 g/mol. The number of carbonyl (C=O) groups excluding carboxylic acids is 1. The lowest BCUT2D eigenvalue weighted by molar-refractivity contribution is 0.102. The van der Waals surface area contributed by atoms with E-state index in [0.717, 1.165) is 24.6 Å². The molecule has 162 valence electrons. The lowest BCUT2D eigenvalue weighted by Crippen LogP contribution is -2.36. The van der Waals surface area contributed by atoms with Crippen LogP contribution in [0.3, 0.4) is 0 Å². The number of aromatic nitrogens is 5. The third-order valence-corrected chi connectivity index (χ3v) is 6.16. The van der Waals surface area contributed by atoms with Crippen LogP contribution in [0.4, 0.5) is 5.82 Å². The first-order chi connectivity index (χ1) is 14.9. The van der Waals surface area contributed by atoms with Crippen molar-refractivity contribution in [2.75, 3.05) is 11.5 Å². The van der Waals surface area contributed by atoms with Gasteiger partial charge in [-0.1, -0.05) is 35.5 Å². The van der Waals surface area contributed by atoms with E-state index in [2.05, 4.69) is 15.2 Å². The molecule has 1 saturated carbocycles. The van der Waals surface area contributed by atoms with Gasteiger partial charge in [-0.05, 0) is 25.0 Å². The van der Waals surface area contributed by atoms with Gasteiger partial charge in [0.15, 0.2) is 16.8 Å². The predicted molar refractivity (Wildman–Crippen MR) is 116 cm³/mol. The number of benzene rings is 1. The lowest BCUT2D eigenvalue weighted by Gasteiger charge is -2.11. The van der Waals surface area contributed by atoms with Crippen LogP contribution in [-0.2, 0) is 13.7 Å². The van der Waals surface area contributed by atoms with Gasteiger partial charge in [-0.3, -0.25) is 19.1 Å². The Labute approximate surface area is 185 Å². The van der Waals surface area contributed by atoms with Crippen LogP contribution in [0.15, 0.2) is 39.0 Å². The second kappa shape index (κ2) is 8.60. The highest BCUT2D eigenvalue weighted by Gasteiger charge is 2.30. The first-order valence-electron chi connectivity index (χ1n) is 9.42. The van der Waals surface area contributed by atoms with E-state index < -0.39 is 17.0 Å². The molecule has 0 atom stereocenters. The molecule has 1 aliphatic carbocycles. The van der Waals surface area contributed by atoms with Crippen LogP contribution in [-0.4, -0.2) is 35.9 Å². The molecule has 0 bridgehead atoms. The summed E-state index contributed by atoms with van der Waals surface area (Å²) in [5.74, 6) is 0.392. The molecule has 1 aromatic carbocycles. The Morgan fingerprint density at radius 2 is 2.06 bits per heavy atom. The number of carbonyl (C=O) groups is 1. The number of hydrogen-bond donors (Lipinski definition) is 2. The van der Waals surface area contributed by atoms with Crippen molar-refractivity contribution >= 4 is 35.0 Å². The molecular weight excluding hydrogens is 444 g/mol. The zero-order valence-electron chi connectivity index (χ0n) is 16.5. The molecule has 1 aliphatic rings. The fourth-order valence-electron chi connectivity index (χ4n) is 3.03. The number of aromatic amines is 1. The van der Waals surface area contributed by atoms with Crippen molar-refractivity contribution < 1.29 is 9.53 Å². The number of hydrogen-bond acceptors (Lipinski definition) is 8. The van der Waals surface area contributed by atoms with Crippen molar-refractivity contribution in [3.63, 3.8) is 0 Å². The Balaban J connectivity index is 1.45. The fourth-order valence-corrected chi connectivity index (χ4v) is 4.03. The van der Waals surface area contributed by atoms with Crippen molar-refractivity contribution in [2.45, 2.75) is 30.6 Å². The number of H-pyrrole nitrogens is 1. The molecule has 3 N–H and O–H groups in total. The number of nitrogen functional groups attached to an aromatic ring is 1. The summed E-state index contributed by atoms with van der Waals surface area (Å²) in [6.07, 6.45) is 1.58. The largest absolute Gasteiger partial charge is 0.484 e. The van der Waals surface area contributed by atoms with E-state index in [1.807, 2.05) is 6.07 Å². The van der Waals surface area contributed by atoms with E-state index in [-0.39, 0.29) is 29.8 Å². The summed E-state index contributed by atoms with van der Waals surface area (Å²) in [5, 5.41) is 9.10. The molecule has 4 rings (SSSR count). The zero-order chi connectivity index (χ0) is 22.1. The highest BCUT2D eigenvalue weighted by molar-refractivity contribution is 7.99. The monoisotopic (exact) mass is 462 g/mol. The van der Waals surface area contributed by atoms with E-state index in [9.17, 15) is 14.4 Å². The maximum absolute atomic E-state index is 12.7. The highest BCUT2D eigenvalue weighted by Crippen LogP contribution is 2.35. The minimum atomic E-state index is -0.781. The fraction of sp³-hybridized carbons (Fsp3) is 0.316. The van der Waals surface area contributed by atoms with E-state index in [4.69, 9.17) is 22.1 Å². The molecule has 3 aromatic rings. The van der Waals surface area contributed by atoms with Crippen molar-refractivity contribution in [3.8, 4) is 5.75 Å². The third-order valence-electron chi connectivity index (χ3n) is 4.82. The molecule has 31 heavy (non-hydrogen) atoms. The summed E-state index contributed by atoms with van der Waals surface area (Å²) in [6, 6.07) is 7.02. The molecule has 2 aromatic heterocycles. The Hall–Kier alpha value is -3.05. The topological polar surface area (TPSA) is 138 Å². The number of halogens is 1. The van der Waals surface area contributed by atoms with Gasteiger partial charge < -0.3 is 15.0 Å². The molecule has 0 unspecified atom stereocenters. The first-order valence-corrected chi connectivity index (χ1v) is 10.8. The molecule has 10 nitrogen and oxygen atoms in total. The van der Waals surface area contributed by atoms with Gasteiger partial charge in [0.1, 0.15) is 23.7 Å². The summed E-state index contributed by atoms with van der Waals surface area (Å²) in [5.41, 5.74) is 4.41. The first kappa shape index (κ1) is 21.2. The number of nitrogens with zero attached hydrogens (tertiary/aromatic N) is 4. The number of thioether (sulfide) groups is 1. The molecule has 1 fully saturated rings. The second-order valence-electron chi connectivity index (χ2n) is 7.01. The number of rotatable bonds is 8. The Morgan fingerprint density at radius 1 is 1.32 bits per heavy atom. The molecule has 12 heteroatoms. The number of ketones is 1. The zero-order valence-corrected chi connectivity index (χ0v) is 18.1. The van der Waals surface area contributed by atoms with Gasteiger partial charge in [-0.25, -0.2) is 4.79 Å². The van der Waals surface area contributed by atoms with E-state index in [1.165, 1.54) is 4.57 Å². The van der Waals surface area contributed by atoms with E-state index in [1.54, 1.807) is 29.8 Å². The van der Waals surface area contributed by atoms with Crippen LogP contribution in [0, 0.1) is 0 Å². The number of anilines is 1. The summed E-state index contributed by atoms with van der Waals surface area (Å²) < 4.78 is 8.64. The van der Waals surface area contributed by atoms with Crippen LogP contribution < -0.4 is 21.7 Å². The Bertz CT molecular complexity index is 1260. The number of ether oxygens (including phenoxy) is 1. The van der Waals surface area contributed by atoms with Crippen LogP contribution in [0.2, 0.25) is 5.02 Å². The van der Waals surface area contributed by atoms with Crippen molar-refractivity contribution in [1.29, 1.82) is 0 Å². The van der Waals surface area contributed by atoms with Crippen molar-refractivity contribution in [2.24, 2.45) is 7.05 Å². The Morgan fingerprint density at radius 3 is 2.77 bits per heavy atom. The Kier molecular flexibility index (Phi) is 5.88. The molecule has 0 amide bonds. The number of nitrogens with one attached hydrogen (secondary N) is 1. The van der Waals surface area contributed by atoms with Gasteiger partial charge in [0.2, 0.25) is 0 Å². The molecule has 0 spiro atoms. The molecule has 0 saturated heterocycles. The molecule has 0 aliphatic heterocycles. The number of Topliss-reactive ketones (excluding diaryl/α,β-unsaturated/α-hetero) is 1. The molecule has 2 heterocycles. The molecular formula is C19H19ClN6O4S. The quantitative estimate of drug-likeness (QED) is 0.381. The highest BCUT2D eigenvalue weighted by atomic mass is 35.5. The maximum Gasteiger partial charge on any atom is 0.330 e. The second-order valence-corrected chi connectivity index (χ2v) is 8.36. The van der Waals surface area contributed by atoms with Gasteiger partial charge in [0, 0.05) is 13.1 Å². The SMILES string of the molecule is Cn1c(COc2ccccc2Cl)nnc1SCC(=O)c1c(N)n(C2CC2)c(=O)[nH]c1=O. The van der Waals surface area contributed by atoms with Crippen LogP contribution in [0.5, 0.6) is 5.75 Å². The summed E-state index contributed by atoms with van der Waals surface area (Å²) >= 11 is 7.19. The smallest absolute Gasteiger partial charge is 0.330 e. The number of nitrogens with two attached hydrogens (primary N) is 1. The number of para-hydroxylation sites is 1. The van der Waals surface area contributed by atoms with Crippen LogP contribution in [0.1, 0.15) is 35.1 Å². The minimum absolute atomic E-state index is 0.0667. The van der Waals surface area contributed by atoms with Crippen molar-refractivity contribution in [1.82, 2.24) is 24.3 Å². The average Bonchev–Trinajstić information content (AvgIpc) is 3.49. The molecule has 0 radical (unpaired) electrons.